The van der Waals surface area contributed by atoms with Gasteiger partial charge in [-0.3, -0.25) is 4.79 Å². The van der Waals surface area contributed by atoms with Crippen molar-refractivity contribution in [3.63, 3.8) is 0 Å². The van der Waals surface area contributed by atoms with E-state index in [2.05, 4.69) is 10.3 Å². The van der Waals surface area contributed by atoms with E-state index in [1.54, 1.807) is 30.5 Å². The molecule has 1 aliphatic rings. The van der Waals surface area contributed by atoms with E-state index in [4.69, 9.17) is 21.3 Å². The van der Waals surface area contributed by atoms with Crippen LogP contribution in [0.4, 0.5) is 5.69 Å². The highest BCUT2D eigenvalue weighted by Gasteiger charge is 2.21. The molecule has 0 bridgehead atoms. The molecule has 1 aromatic heterocycles. The molecule has 2 heterocycles. The lowest BCUT2D eigenvalue weighted by molar-refractivity contribution is -0.115. The molecule has 0 fully saturated rings. The summed E-state index contributed by atoms with van der Waals surface area (Å²) in [7, 11) is 1.35. The van der Waals surface area contributed by atoms with E-state index in [0.717, 1.165) is 22.4 Å². The molecule has 0 unspecified atom stereocenters. The third-order valence-corrected chi connectivity index (χ3v) is 4.75. The Bertz CT molecular complexity index is 1080. The molecule has 28 heavy (non-hydrogen) atoms. The van der Waals surface area contributed by atoms with E-state index in [1.165, 1.54) is 7.11 Å². The van der Waals surface area contributed by atoms with Gasteiger partial charge in [0.25, 0.3) is 0 Å². The van der Waals surface area contributed by atoms with Crippen LogP contribution in [0.1, 0.15) is 27.3 Å². The van der Waals surface area contributed by atoms with Crippen molar-refractivity contribution in [1.82, 2.24) is 9.97 Å². The van der Waals surface area contributed by atoms with E-state index in [0.29, 0.717) is 28.5 Å². The average molecular weight is 394 g/mol. The van der Waals surface area contributed by atoms with Crippen molar-refractivity contribution in [2.45, 2.75) is 12.8 Å². The number of aromatic nitrogens is 2. The minimum atomic E-state index is -0.375. The number of benzene rings is 2. The normalized spacial score (nSPS) is 12.4. The summed E-state index contributed by atoms with van der Waals surface area (Å²) in [5.41, 5.74) is 4.40. The van der Waals surface area contributed by atoms with E-state index in [1.807, 2.05) is 18.2 Å². The molecule has 3 aromatic rings. The number of hydrogen-bond donors (Lipinski definition) is 1. The fourth-order valence-corrected chi connectivity index (χ4v) is 3.32. The van der Waals surface area contributed by atoms with Crippen LogP contribution >= 0.6 is 11.6 Å². The van der Waals surface area contributed by atoms with Crippen LogP contribution in [-0.2, 0) is 22.4 Å². The average Bonchev–Trinajstić information content (AvgIpc) is 2.82. The molecule has 0 radical (unpaired) electrons. The maximum Gasteiger partial charge on any atom is 0.337 e. The van der Waals surface area contributed by atoms with Crippen LogP contribution in [0.5, 0.6) is 0 Å². The molecule has 0 saturated heterocycles. The number of nitrogens with zero attached hydrogens (tertiary/aromatic N) is 2. The SMILES string of the molecule is COC(=O)c1ccc(Cc2ncc3c(n2)-c2ccc(Cl)cc2NC(=O)C3)cc1. The predicted molar refractivity (Wildman–Crippen MR) is 105 cm³/mol. The zero-order valence-corrected chi connectivity index (χ0v) is 15.8. The number of fused-ring (bicyclic) bond motifs is 3. The van der Waals surface area contributed by atoms with Gasteiger partial charge in [0.05, 0.1) is 30.5 Å². The summed E-state index contributed by atoms with van der Waals surface area (Å²) < 4.78 is 4.71. The Morgan fingerprint density at radius 1 is 1.21 bits per heavy atom. The van der Waals surface area contributed by atoms with Crippen LogP contribution in [0.3, 0.4) is 0 Å². The Balaban J connectivity index is 1.68. The second-order valence-corrected chi connectivity index (χ2v) is 6.88. The standard InChI is InChI=1S/C21H16ClN3O3/c1-28-21(27)13-4-2-12(3-5-13)8-18-23-11-14-9-19(26)24-17-10-15(22)6-7-16(17)20(14)25-18/h2-7,10-11H,8-9H2,1H3,(H,24,26). The maximum absolute atomic E-state index is 12.2. The molecule has 0 saturated carbocycles. The minimum Gasteiger partial charge on any atom is -0.465 e. The third-order valence-electron chi connectivity index (χ3n) is 4.51. The first kappa shape index (κ1) is 18.1. The third kappa shape index (κ3) is 3.59. The van der Waals surface area contributed by atoms with Gasteiger partial charge < -0.3 is 10.1 Å². The van der Waals surface area contributed by atoms with Crippen molar-refractivity contribution in [3.8, 4) is 11.3 Å². The molecule has 2 aromatic carbocycles. The molecule has 0 atom stereocenters. The number of anilines is 1. The van der Waals surface area contributed by atoms with Gasteiger partial charge in [0.2, 0.25) is 5.91 Å². The van der Waals surface area contributed by atoms with Gasteiger partial charge in [0.1, 0.15) is 5.82 Å². The fraction of sp³-hybridized carbons (Fsp3) is 0.143. The number of halogens is 1. The summed E-state index contributed by atoms with van der Waals surface area (Å²) >= 11 is 6.07. The van der Waals surface area contributed by atoms with Crippen LogP contribution in [0.2, 0.25) is 5.02 Å². The second-order valence-electron chi connectivity index (χ2n) is 6.44. The van der Waals surface area contributed by atoms with E-state index >= 15 is 0 Å². The molecule has 1 N–H and O–H groups in total. The smallest absolute Gasteiger partial charge is 0.337 e. The molecule has 1 aliphatic heterocycles. The van der Waals surface area contributed by atoms with Crippen LogP contribution in [0.15, 0.2) is 48.7 Å². The van der Waals surface area contributed by atoms with Gasteiger partial charge >= 0.3 is 5.97 Å². The monoisotopic (exact) mass is 393 g/mol. The summed E-state index contributed by atoms with van der Waals surface area (Å²) in [5, 5.41) is 3.41. The van der Waals surface area contributed by atoms with Gasteiger partial charge in [-0.15, -0.1) is 0 Å². The quantitative estimate of drug-likeness (QED) is 0.686. The molecular weight excluding hydrogens is 378 g/mol. The minimum absolute atomic E-state index is 0.128. The number of methoxy groups -OCH3 is 1. The van der Waals surface area contributed by atoms with Gasteiger partial charge in [-0.05, 0) is 35.9 Å². The lowest BCUT2D eigenvalue weighted by Crippen LogP contribution is -2.12. The van der Waals surface area contributed by atoms with Crippen LogP contribution in [-0.4, -0.2) is 29.0 Å². The van der Waals surface area contributed by atoms with Crippen molar-refractivity contribution < 1.29 is 14.3 Å². The Labute approximate surface area is 166 Å². The Hall–Kier alpha value is -3.25. The molecule has 140 valence electrons. The number of esters is 1. The highest BCUT2D eigenvalue weighted by Crippen LogP contribution is 2.34. The zero-order chi connectivity index (χ0) is 19.7. The van der Waals surface area contributed by atoms with Crippen molar-refractivity contribution in [1.29, 1.82) is 0 Å². The summed E-state index contributed by atoms with van der Waals surface area (Å²) in [6.07, 6.45) is 2.40. The van der Waals surface area contributed by atoms with Gasteiger partial charge in [0.15, 0.2) is 0 Å². The highest BCUT2D eigenvalue weighted by atomic mass is 35.5. The molecule has 7 heteroatoms. The number of ether oxygens (including phenoxy) is 1. The Morgan fingerprint density at radius 3 is 2.75 bits per heavy atom. The van der Waals surface area contributed by atoms with Crippen molar-refractivity contribution in [2.75, 3.05) is 12.4 Å². The number of hydrogen-bond acceptors (Lipinski definition) is 5. The fourth-order valence-electron chi connectivity index (χ4n) is 3.14. The molecular formula is C21H16ClN3O3. The van der Waals surface area contributed by atoms with E-state index < -0.39 is 0 Å². The number of rotatable bonds is 3. The number of amides is 1. The van der Waals surface area contributed by atoms with Gasteiger partial charge in [-0.2, -0.15) is 0 Å². The van der Waals surface area contributed by atoms with Gasteiger partial charge in [-0.1, -0.05) is 23.7 Å². The van der Waals surface area contributed by atoms with Gasteiger partial charge in [-0.25, -0.2) is 14.8 Å². The molecule has 6 nitrogen and oxygen atoms in total. The number of nitrogens with one attached hydrogen (secondary N) is 1. The summed E-state index contributed by atoms with van der Waals surface area (Å²) in [6.45, 7) is 0. The summed E-state index contributed by atoms with van der Waals surface area (Å²) in [4.78, 5) is 32.8. The summed E-state index contributed by atoms with van der Waals surface area (Å²) in [5.74, 6) is 0.122. The van der Waals surface area contributed by atoms with E-state index in [-0.39, 0.29) is 18.3 Å². The first-order valence-corrected chi connectivity index (χ1v) is 9.03. The first-order chi connectivity index (χ1) is 13.5. The topological polar surface area (TPSA) is 81.2 Å². The Morgan fingerprint density at radius 2 is 2.00 bits per heavy atom. The maximum atomic E-state index is 12.2. The van der Waals surface area contributed by atoms with Gasteiger partial charge in [0, 0.05) is 28.8 Å². The van der Waals surface area contributed by atoms with Crippen LogP contribution < -0.4 is 5.32 Å². The van der Waals surface area contributed by atoms with Crippen molar-refractivity contribution in [3.05, 3.63) is 76.2 Å². The summed E-state index contributed by atoms with van der Waals surface area (Å²) in [6, 6.07) is 12.5. The first-order valence-electron chi connectivity index (χ1n) is 8.65. The molecule has 4 rings (SSSR count). The van der Waals surface area contributed by atoms with Crippen molar-refractivity contribution in [2.24, 2.45) is 0 Å². The molecule has 1 amide bonds. The van der Waals surface area contributed by atoms with Crippen LogP contribution in [0.25, 0.3) is 11.3 Å². The largest absolute Gasteiger partial charge is 0.465 e. The molecule has 0 aliphatic carbocycles. The van der Waals surface area contributed by atoms with E-state index in [9.17, 15) is 9.59 Å². The Kier molecular flexibility index (Phi) is 4.79. The zero-order valence-electron chi connectivity index (χ0n) is 15.0. The number of carbonyl (C=O) groups excluding carboxylic acids is 2. The highest BCUT2D eigenvalue weighted by molar-refractivity contribution is 6.31. The predicted octanol–water partition coefficient (Wildman–Crippen LogP) is 3.67. The molecule has 0 spiro atoms. The lowest BCUT2D eigenvalue weighted by atomic mass is 10.0. The lowest BCUT2D eigenvalue weighted by Gasteiger charge is -2.10. The van der Waals surface area contributed by atoms with Crippen LogP contribution in [0, 0.1) is 0 Å². The second kappa shape index (κ2) is 7.40. The number of carbonyl (C=O) groups is 2. The van der Waals surface area contributed by atoms with Crippen molar-refractivity contribution >= 4 is 29.2 Å².